The zero-order valence-corrected chi connectivity index (χ0v) is 19.9. The van der Waals surface area contributed by atoms with Crippen molar-refractivity contribution in [2.24, 2.45) is 13.0 Å². The van der Waals surface area contributed by atoms with Gasteiger partial charge in [0.05, 0.1) is 16.5 Å². The number of nitrogens with one attached hydrogen (secondary N) is 1. The number of nitrogens with zero attached hydrogens (tertiary/aromatic N) is 1. The molecule has 0 radical (unpaired) electrons. The van der Waals surface area contributed by atoms with Crippen LogP contribution in [0.1, 0.15) is 75.7 Å². The molecular weight excluding hydrogens is 430 g/mol. The molecular formula is C25H32F2N2O4. The minimum absolute atomic E-state index is 0.00617. The molecule has 33 heavy (non-hydrogen) atoms. The predicted molar refractivity (Wildman–Crippen MR) is 123 cm³/mol. The number of rotatable bonds is 5. The Balaban J connectivity index is 1.73. The summed E-state index contributed by atoms with van der Waals surface area (Å²) in [6.45, 7) is 6.71. The topological polar surface area (TPSA) is 77.4 Å². The lowest BCUT2D eigenvalue weighted by atomic mass is 9.82. The third-order valence-corrected chi connectivity index (χ3v) is 6.20. The van der Waals surface area contributed by atoms with Gasteiger partial charge in [-0.05, 0) is 72.1 Å². The number of carbonyl (C=O) groups is 2. The second kappa shape index (κ2) is 9.61. The minimum Gasteiger partial charge on any atom is -0.444 e. The Morgan fingerprint density at radius 2 is 1.79 bits per heavy atom. The number of halogens is 2. The number of fused-ring (bicyclic) bond motifs is 1. The lowest BCUT2D eigenvalue weighted by Gasteiger charge is -2.30. The van der Waals surface area contributed by atoms with Crippen LogP contribution in [-0.4, -0.2) is 28.1 Å². The van der Waals surface area contributed by atoms with Gasteiger partial charge in [0.1, 0.15) is 11.4 Å². The van der Waals surface area contributed by atoms with Crippen LogP contribution in [0.25, 0.3) is 10.9 Å². The Kier molecular flexibility index (Phi) is 7.24. The number of alkyl carbamates (subject to hydrolysis) is 1. The molecule has 1 amide bonds. The molecule has 1 heterocycles. The molecule has 180 valence electrons. The molecule has 0 unspecified atom stereocenters. The Labute approximate surface area is 192 Å². The number of ether oxygens (including phenoxy) is 1. The summed E-state index contributed by atoms with van der Waals surface area (Å²) >= 11 is 0. The van der Waals surface area contributed by atoms with Crippen LogP contribution in [0.4, 0.5) is 13.6 Å². The van der Waals surface area contributed by atoms with E-state index in [-0.39, 0.29) is 34.5 Å². The van der Waals surface area contributed by atoms with Gasteiger partial charge < -0.3 is 14.6 Å². The number of benzene rings is 1. The molecule has 0 atom stereocenters. The summed E-state index contributed by atoms with van der Waals surface area (Å²) in [4.78, 5) is 36.8. The lowest BCUT2D eigenvalue weighted by Crippen LogP contribution is -2.41. The molecule has 1 aromatic heterocycles. The molecule has 0 bridgehead atoms. The molecule has 0 aliphatic heterocycles. The molecule has 0 saturated heterocycles. The third-order valence-electron chi connectivity index (χ3n) is 6.20. The second-order valence-corrected chi connectivity index (χ2v) is 9.98. The minimum atomic E-state index is -0.824. The maximum Gasteiger partial charge on any atom is 0.407 e. The van der Waals surface area contributed by atoms with Crippen molar-refractivity contribution >= 4 is 22.8 Å². The molecule has 0 spiro atoms. The van der Waals surface area contributed by atoms with Crippen LogP contribution in [0.15, 0.2) is 17.1 Å². The first-order chi connectivity index (χ1) is 15.4. The highest BCUT2D eigenvalue weighted by Gasteiger charge is 2.26. The quantitative estimate of drug-likeness (QED) is 0.632. The summed E-state index contributed by atoms with van der Waals surface area (Å²) in [5.41, 5.74) is -1.10. The van der Waals surface area contributed by atoms with Gasteiger partial charge >= 0.3 is 6.09 Å². The summed E-state index contributed by atoms with van der Waals surface area (Å²) in [6.07, 6.45) is 5.03. The van der Waals surface area contributed by atoms with E-state index in [9.17, 15) is 23.2 Å². The van der Waals surface area contributed by atoms with Crippen molar-refractivity contribution in [1.82, 2.24) is 9.88 Å². The number of amides is 1. The first-order valence-corrected chi connectivity index (χ1v) is 11.4. The summed E-state index contributed by atoms with van der Waals surface area (Å²) < 4.78 is 36.0. The van der Waals surface area contributed by atoms with Crippen molar-refractivity contribution in [3.05, 3.63) is 45.2 Å². The second-order valence-electron chi connectivity index (χ2n) is 9.98. The number of pyridine rings is 1. The number of Topliss-reactive ketones (excluding diaryl/α,β-unsaturated/α-hetero) is 1. The van der Waals surface area contributed by atoms with Crippen molar-refractivity contribution in [3.8, 4) is 0 Å². The van der Waals surface area contributed by atoms with Gasteiger partial charge in [0, 0.05) is 30.9 Å². The molecule has 1 saturated carbocycles. The molecule has 6 nitrogen and oxygen atoms in total. The largest absolute Gasteiger partial charge is 0.444 e. The normalized spacial score (nSPS) is 18.9. The van der Waals surface area contributed by atoms with E-state index in [2.05, 4.69) is 5.32 Å². The maximum atomic E-state index is 14.8. The summed E-state index contributed by atoms with van der Waals surface area (Å²) in [5, 5.41) is 2.85. The Hall–Kier alpha value is -2.77. The van der Waals surface area contributed by atoms with Crippen LogP contribution in [0.2, 0.25) is 0 Å². The van der Waals surface area contributed by atoms with Gasteiger partial charge in [-0.3, -0.25) is 9.59 Å². The fourth-order valence-corrected chi connectivity index (χ4v) is 4.60. The molecule has 3 rings (SSSR count). The monoisotopic (exact) mass is 462 g/mol. The van der Waals surface area contributed by atoms with Crippen LogP contribution in [0, 0.1) is 17.6 Å². The first kappa shape index (κ1) is 24.9. The SMILES string of the molecule is CC(=O)c1cn(C)c2c(F)cc(F)c(CCC3CCC(NC(=O)OC(C)(C)C)CC3)c2c1=O. The van der Waals surface area contributed by atoms with Gasteiger partial charge in [0.2, 0.25) is 5.43 Å². The van der Waals surface area contributed by atoms with Crippen molar-refractivity contribution in [2.75, 3.05) is 0 Å². The van der Waals surface area contributed by atoms with E-state index in [1.165, 1.54) is 24.7 Å². The number of ketones is 1. The van der Waals surface area contributed by atoms with Gasteiger partial charge in [-0.2, -0.15) is 0 Å². The van der Waals surface area contributed by atoms with Crippen molar-refractivity contribution in [3.63, 3.8) is 0 Å². The van der Waals surface area contributed by atoms with Crippen LogP contribution in [0.3, 0.4) is 0 Å². The average Bonchev–Trinajstić information content (AvgIpc) is 2.69. The number of hydrogen-bond acceptors (Lipinski definition) is 4. The summed E-state index contributed by atoms with van der Waals surface area (Å²) in [6, 6.07) is 0.844. The molecule has 1 fully saturated rings. The molecule has 2 aromatic rings. The summed E-state index contributed by atoms with van der Waals surface area (Å²) in [5.74, 6) is -1.74. The van der Waals surface area contributed by atoms with E-state index in [1.54, 1.807) is 0 Å². The van der Waals surface area contributed by atoms with Gasteiger partial charge in [-0.15, -0.1) is 0 Å². The van der Waals surface area contributed by atoms with Crippen molar-refractivity contribution < 1.29 is 23.1 Å². The molecule has 1 N–H and O–H groups in total. The van der Waals surface area contributed by atoms with Crippen LogP contribution < -0.4 is 10.7 Å². The van der Waals surface area contributed by atoms with E-state index in [4.69, 9.17) is 4.74 Å². The number of hydrogen-bond donors (Lipinski definition) is 1. The Bertz CT molecular complexity index is 1130. The van der Waals surface area contributed by atoms with Gasteiger partial charge in [-0.1, -0.05) is 0 Å². The highest BCUT2D eigenvalue weighted by molar-refractivity contribution is 5.98. The molecule has 8 heteroatoms. The van der Waals surface area contributed by atoms with Crippen LogP contribution in [-0.2, 0) is 18.2 Å². The lowest BCUT2D eigenvalue weighted by molar-refractivity contribution is 0.0486. The van der Waals surface area contributed by atoms with Crippen LogP contribution >= 0.6 is 0 Å². The third kappa shape index (κ3) is 5.78. The molecule has 1 aliphatic carbocycles. The fourth-order valence-electron chi connectivity index (χ4n) is 4.60. The summed E-state index contributed by atoms with van der Waals surface area (Å²) in [7, 11) is 1.54. The maximum absolute atomic E-state index is 14.8. The van der Waals surface area contributed by atoms with E-state index in [0.717, 1.165) is 31.7 Å². The number of aryl methyl sites for hydroxylation is 2. The van der Waals surface area contributed by atoms with E-state index in [0.29, 0.717) is 12.3 Å². The van der Waals surface area contributed by atoms with Gasteiger partial charge in [-0.25, -0.2) is 13.6 Å². The number of carbonyl (C=O) groups excluding carboxylic acids is 2. The van der Waals surface area contributed by atoms with Gasteiger partial charge in [0.25, 0.3) is 0 Å². The van der Waals surface area contributed by atoms with E-state index < -0.39 is 34.5 Å². The standard InChI is InChI=1S/C25H32F2N2O4/c1-14(30)18-13-29(5)22-20(27)12-19(26)17(21(22)23(18)31)11-8-15-6-9-16(10-7-15)28-24(32)33-25(2,3)4/h12-13,15-16H,6-11H2,1-5H3,(H,28,32). The smallest absolute Gasteiger partial charge is 0.407 e. The van der Waals surface area contributed by atoms with E-state index >= 15 is 0 Å². The molecule has 1 aliphatic rings. The highest BCUT2D eigenvalue weighted by atomic mass is 19.1. The zero-order valence-electron chi connectivity index (χ0n) is 19.9. The highest BCUT2D eigenvalue weighted by Crippen LogP contribution is 2.31. The number of aromatic nitrogens is 1. The van der Waals surface area contributed by atoms with E-state index in [1.807, 2.05) is 20.8 Å². The first-order valence-electron chi connectivity index (χ1n) is 11.4. The van der Waals surface area contributed by atoms with Crippen LogP contribution in [0.5, 0.6) is 0 Å². The Morgan fingerprint density at radius 1 is 1.15 bits per heavy atom. The fraction of sp³-hybridized carbons (Fsp3) is 0.560. The van der Waals surface area contributed by atoms with Gasteiger partial charge in [0.15, 0.2) is 11.6 Å². The molecule has 1 aromatic carbocycles. The van der Waals surface area contributed by atoms with Crippen molar-refractivity contribution in [2.45, 2.75) is 77.9 Å². The zero-order chi connectivity index (χ0) is 24.5. The van der Waals surface area contributed by atoms with Crippen molar-refractivity contribution in [1.29, 1.82) is 0 Å². The predicted octanol–water partition coefficient (Wildman–Crippen LogP) is 5.04. The average molecular weight is 463 g/mol. The Morgan fingerprint density at radius 3 is 2.36 bits per heavy atom.